The van der Waals surface area contributed by atoms with Crippen molar-refractivity contribution < 1.29 is 9.53 Å². The molecular formula is C19H20ClN3O2. The molecule has 0 saturated heterocycles. The highest BCUT2D eigenvalue weighted by Crippen LogP contribution is 2.36. The van der Waals surface area contributed by atoms with Gasteiger partial charge in [-0.2, -0.15) is 0 Å². The van der Waals surface area contributed by atoms with E-state index in [9.17, 15) is 4.79 Å². The molecule has 0 bridgehead atoms. The minimum atomic E-state index is -0.240. The highest BCUT2D eigenvalue weighted by molar-refractivity contribution is 6.30. The fraction of sp³-hybridized carbons (Fsp3) is 0.211. The van der Waals surface area contributed by atoms with Crippen LogP contribution in [0.5, 0.6) is 5.75 Å². The Hall–Kier alpha value is -2.50. The smallest absolute Gasteiger partial charge is 0.238 e. The number of nitrogens with two attached hydrogens (primary N) is 1. The van der Waals surface area contributed by atoms with Gasteiger partial charge in [0.15, 0.2) is 0 Å². The molecule has 25 heavy (non-hydrogen) atoms. The zero-order valence-corrected chi connectivity index (χ0v) is 15.1. The Labute approximate surface area is 151 Å². The van der Waals surface area contributed by atoms with Crippen molar-refractivity contribution in [2.75, 3.05) is 7.11 Å². The minimum Gasteiger partial charge on any atom is -0.496 e. The number of benzene rings is 2. The number of ether oxygens (including phenoxy) is 1. The number of hydrogen-bond donors (Lipinski definition) is 2. The topological polar surface area (TPSA) is 69.3 Å². The Kier molecular flexibility index (Phi) is 4.70. The SMILES string of the molecule is COc1ccc2c(c1C)c(CC(=O)NN)c(C)n2-c1cccc(Cl)c1. The maximum atomic E-state index is 11.9. The average molecular weight is 358 g/mol. The van der Waals surface area contributed by atoms with Crippen LogP contribution in [0.2, 0.25) is 5.02 Å². The lowest BCUT2D eigenvalue weighted by Gasteiger charge is -2.10. The second-order valence-electron chi connectivity index (χ2n) is 5.91. The van der Waals surface area contributed by atoms with Gasteiger partial charge in [0.25, 0.3) is 0 Å². The predicted molar refractivity (Wildman–Crippen MR) is 100 cm³/mol. The predicted octanol–water partition coefficient (Wildman–Crippen LogP) is 3.44. The summed E-state index contributed by atoms with van der Waals surface area (Å²) in [7, 11) is 1.64. The third-order valence-electron chi connectivity index (χ3n) is 4.49. The summed E-state index contributed by atoms with van der Waals surface area (Å²) < 4.78 is 7.56. The molecule has 3 rings (SSSR count). The molecule has 0 radical (unpaired) electrons. The molecule has 2 aromatic carbocycles. The summed E-state index contributed by atoms with van der Waals surface area (Å²) in [5, 5.41) is 1.66. The lowest BCUT2D eigenvalue weighted by Crippen LogP contribution is -2.31. The average Bonchev–Trinajstić information content (AvgIpc) is 2.88. The van der Waals surface area contributed by atoms with Gasteiger partial charge in [-0.1, -0.05) is 17.7 Å². The number of halogens is 1. The molecule has 0 saturated carbocycles. The maximum Gasteiger partial charge on any atom is 0.238 e. The van der Waals surface area contributed by atoms with Gasteiger partial charge in [0.05, 0.1) is 19.0 Å². The number of aryl methyl sites for hydroxylation is 1. The van der Waals surface area contributed by atoms with Crippen LogP contribution in [0.4, 0.5) is 0 Å². The van der Waals surface area contributed by atoms with E-state index in [4.69, 9.17) is 22.2 Å². The summed E-state index contributed by atoms with van der Waals surface area (Å²) in [5.41, 5.74) is 7.04. The van der Waals surface area contributed by atoms with Crippen LogP contribution in [0.3, 0.4) is 0 Å². The van der Waals surface area contributed by atoms with E-state index >= 15 is 0 Å². The molecule has 1 aromatic heterocycles. The Bertz CT molecular complexity index is 963. The van der Waals surface area contributed by atoms with Gasteiger partial charge in [-0.15, -0.1) is 0 Å². The molecule has 3 aromatic rings. The standard InChI is InChI=1S/C19H20ClN3O2/c1-11-17(25-3)8-7-16-19(11)15(10-18(24)22-21)12(2)23(16)14-6-4-5-13(20)9-14/h4-9H,10,21H2,1-3H3,(H,22,24). The van der Waals surface area contributed by atoms with Crippen LogP contribution in [0, 0.1) is 13.8 Å². The molecule has 3 N–H and O–H groups in total. The van der Waals surface area contributed by atoms with Crippen molar-refractivity contribution in [1.29, 1.82) is 0 Å². The Morgan fingerprint density at radius 2 is 2.04 bits per heavy atom. The second-order valence-corrected chi connectivity index (χ2v) is 6.35. The number of hydrogen-bond acceptors (Lipinski definition) is 3. The zero-order valence-electron chi connectivity index (χ0n) is 14.4. The van der Waals surface area contributed by atoms with Gasteiger partial charge in [-0.3, -0.25) is 10.2 Å². The number of fused-ring (bicyclic) bond motifs is 1. The number of carbonyl (C=O) groups excluding carboxylic acids is 1. The first-order valence-electron chi connectivity index (χ1n) is 7.90. The number of nitrogens with zero attached hydrogens (tertiary/aromatic N) is 1. The van der Waals surface area contributed by atoms with Gasteiger partial charge in [-0.25, -0.2) is 5.84 Å². The zero-order chi connectivity index (χ0) is 18.1. The minimum absolute atomic E-state index is 0.195. The van der Waals surface area contributed by atoms with Gasteiger partial charge in [0.2, 0.25) is 5.91 Å². The van der Waals surface area contributed by atoms with Crippen molar-refractivity contribution in [3.8, 4) is 11.4 Å². The number of hydrazine groups is 1. The van der Waals surface area contributed by atoms with Crippen LogP contribution in [0.1, 0.15) is 16.8 Å². The summed E-state index contributed by atoms with van der Waals surface area (Å²) >= 11 is 6.18. The molecule has 1 amide bonds. The molecule has 0 aliphatic rings. The summed E-state index contributed by atoms with van der Waals surface area (Å²) in [5.74, 6) is 5.84. The van der Waals surface area contributed by atoms with Crippen molar-refractivity contribution >= 4 is 28.4 Å². The number of rotatable bonds is 4. The van der Waals surface area contributed by atoms with E-state index in [1.807, 2.05) is 50.2 Å². The summed E-state index contributed by atoms with van der Waals surface area (Å²) in [6, 6.07) is 11.6. The van der Waals surface area contributed by atoms with Gasteiger partial charge in [0, 0.05) is 27.4 Å². The lowest BCUT2D eigenvalue weighted by atomic mass is 10.0. The first-order valence-corrected chi connectivity index (χ1v) is 8.28. The van der Waals surface area contributed by atoms with Crippen molar-refractivity contribution in [3.63, 3.8) is 0 Å². The highest BCUT2D eigenvalue weighted by atomic mass is 35.5. The van der Waals surface area contributed by atoms with Crippen LogP contribution in [0.25, 0.3) is 16.6 Å². The summed E-state index contributed by atoms with van der Waals surface area (Å²) in [6.45, 7) is 3.98. The number of amides is 1. The molecule has 130 valence electrons. The first kappa shape index (κ1) is 17.3. The lowest BCUT2D eigenvalue weighted by molar-refractivity contribution is -0.120. The van der Waals surface area contributed by atoms with E-state index < -0.39 is 0 Å². The Morgan fingerprint density at radius 1 is 1.28 bits per heavy atom. The van der Waals surface area contributed by atoms with Crippen molar-refractivity contribution in [2.45, 2.75) is 20.3 Å². The molecule has 0 unspecified atom stereocenters. The van der Waals surface area contributed by atoms with E-state index in [1.165, 1.54) is 0 Å². The van der Waals surface area contributed by atoms with Crippen LogP contribution in [0.15, 0.2) is 36.4 Å². The molecule has 0 aliphatic carbocycles. The van der Waals surface area contributed by atoms with Crippen LogP contribution in [-0.2, 0) is 11.2 Å². The van der Waals surface area contributed by atoms with E-state index in [0.29, 0.717) is 5.02 Å². The molecule has 0 aliphatic heterocycles. The Morgan fingerprint density at radius 3 is 2.68 bits per heavy atom. The number of aromatic nitrogens is 1. The molecule has 6 heteroatoms. The van der Waals surface area contributed by atoms with Crippen LogP contribution < -0.4 is 16.0 Å². The maximum absolute atomic E-state index is 11.9. The van der Waals surface area contributed by atoms with Gasteiger partial charge in [-0.05, 0) is 49.7 Å². The fourth-order valence-electron chi connectivity index (χ4n) is 3.34. The second kappa shape index (κ2) is 6.78. The molecule has 0 fully saturated rings. The van der Waals surface area contributed by atoms with Gasteiger partial charge < -0.3 is 9.30 Å². The third kappa shape index (κ3) is 2.97. The quantitative estimate of drug-likeness (QED) is 0.427. The first-order chi connectivity index (χ1) is 12.0. The largest absolute Gasteiger partial charge is 0.496 e. The molecule has 0 atom stereocenters. The van der Waals surface area contributed by atoms with Gasteiger partial charge in [0.1, 0.15) is 5.75 Å². The van der Waals surface area contributed by atoms with E-state index in [-0.39, 0.29) is 12.3 Å². The summed E-state index contributed by atoms with van der Waals surface area (Å²) in [4.78, 5) is 11.9. The van der Waals surface area contributed by atoms with Crippen molar-refractivity contribution in [1.82, 2.24) is 9.99 Å². The normalized spacial score (nSPS) is 10.9. The van der Waals surface area contributed by atoms with Gasteiger partial charge >= 0.3 is 0 Å². The molecule has 1 heterocycles. The van der Waals surface area contributed by atoms with Crippen LogP contribution >= 0.6 is 11.6 Å². The molecule has 5 nitrogen and oxygen atoms in total. The molecule has 0 spiro atoms. The molecular weight excluding hydrogens is 338 g/mol. The third-order valence-corrected chi connectivity index (χ3v) is 4.73. The number of carbonyl (C=O) groups is 1. The van der Waals surface area contributed by atoms with Crippen molar-refractivity contribution in [2.24, 2.45) is 5.84 Å². The van der Waals surface area contributed by atoms with E-state index in [0.717, 1.165) is 39.2 Å². The Balaban J connectivity index is 2.36. The van der Waals surface area contributed by atoms with Crippen LogP contribution in [-0.4, -0.2) is 17.6 Å². The summed E-state index contributed by atoms with van der Waals surface area (Å²) in [6.07, 6.45) is 0.195. The van der Waals surface area contributed by atoms with Crippen molar-refractivity contribution in [3.05, 3.63) is 58.2 Å². The van der Waals surface area contributed by atoms with E-state index in [1.54, 1.807) is 7.11 Å². The van der Waals surface area contributed by atoms with E-state index in [2.05, 4.69) is 9.99 Å². The number of nitrogens with one attached hydrogen (secondary N) is 1. The fourth-order valence-corrected chi connectivity index (χ4v) is 3.52. The highest BCUT2D eigenvalue weighted by Gasteiger charge is 2.20. The monoisotopic (exact) mass is 357 g/mol. The number of methoxy groups -OCH3 is 1.